The number of rotatable bonds is 9. The number of anilines is 3. The first-order valence-corrected chi connectivity index (χ1v) is 12.4. The standard InChI is InChI=1S/C28H37N5O/c1-32(2)23-18-14-21(15-19-23)26(34)11-7-8-20-12-16-22(17-13-20)29-28-30-25-10-6-5-9-24(25)27(31-28)33(3)4/h5-6,9-10,14-15,18-20,22H,7-8,11-13,16-17H2,1-4H3,(H,29,30,31). The molecule has 0 saturated heterocycles. The number of nitrogens with one attached hydrogen (secondary N) is 1. The smallest absolute Gasteiger partial charge is 0.225 e. The van der Waals surface area contributed by atoms with Gasteiger partial charge in [-0.05, 0) is 74.4 Å². The topological polar surface area (TPSA) is 61.4 Å². The Bertz CT molecular complexity index is 1100. The molecule has 34 heavy (non-hydrogen) atoms. The van der Waals surface area contributed by atoms with E-state index in [2.05, 4.69) is 11.4 Å². The summed E-state index contributed by atoms with van der Waals surface area (Å²) in [5.41, 5.74) is 2.92. The number of carbonyl (C=O) groups is 1. The fourth-order valence-electron chi connectivity index (χ4n) is 4.88. The second kappa shape index (κ2) is 10.9. The summed E-state index contributed by atoms with van der Waals surface area (Å²) in [6.45, 7) is 0. The van der Waals surface area contributed by atoms with Crippen molar-refractivity contribution in [2.45, 2.75) is 51.0 Å². The minimum absolute atomic E-state index is 0.255. The van der Waals surface area contributed by atoms with Gasteiger partial charge in [0, 0.05) is 57.3 Å². The number of Topliss-reactive ketones (excluding diaryl/α,β-unsaturated/α-hetero) is 1. The first-order valence-electron chi connectivity index (χ1n) is 12.4. The normalized spacial score (nSPS) is 18.0. The molecule has 4 rings (SSSR count). The maximum Gasteiger partial charge on any atom is 0.225 e. The summed E-state index contributed by atoms with van der Waals surface area (Å²) in [5, 5.41) is 4.66. The van der Waals surface area contributed by atoms with Gasteiger partial charge in [0.05, 0.1) is 5.52 Å². The lowest BCUT2D eigenvalue weighted by molar-refractivity contribution is 0.0976. The molecule has 0 amide bonds. The summed E-state index contributed by atoms with van der Waals surface area (Å²) in [4.78, 5) is 26.2. The highest BCUT2D eigenvalue weighted by Crippen LogP contribution is 2.31. The molecule has 1 aliphatic rings. The number of nitrogens with zero attached hydrogens (tertiary/aromatic N) is 4. The average molecular weight is 460 g/mol. The predicted octanol–water partition coefficient (Wildman–Crippen LogP) is 5.79. The molecule has 6 nitrogen and oxygen atoms in total. The molecule has 1 aliphatic carbocycles. The molecular weight excluding hydrogens is 422 g/mol. The van der Waals surface area contributed by atoms with Crippen LogP contribution in [-0.2, 0) is 0 Å². The van der Waals surface area contributed by atoms with Crippen LogP contribution in [0.15, 0.2) is 48.5 Å². The average Bonchev–Trinajstić information content (AvgIpc) is 2.84. The third kappa shape index (κ3) is 5.85. The number of hydrogen-bond donors (Lipinski definition) is 1. The number of ketones is 1. The fourth-order valence-corrected chi connectivity index (χ4v) is 4.88. The Kier molecular flexibility index (Phi) is 7.66. The van der Waals surface area contributed by atoms with E-state index in [9.17, 15) is 4.79 Å². The molecule has 0 spiro atoms. The van der Waals surface area contributed by atoms with Crippen molar-refractivity contribution in [2.24, 2.45) is 5.92 Å². The van der Waals surface area contributed by atoms with Crippen molar-refractivity contribution in [1.82, 2.24) is 9.97 Å². The number of aromatic nitrogens is 2. The molecule has 3 aromatic rings. The van der Waals surface area contributed by atoms with Crippen molar-refractivity contribution in [2.75, 3.05) is 43.3 Å². The monoisotopic (exact) mass is 459 g/mol. The Hall–Kier alpha value is -3.15. The van der Waals surface area contributed by atoms with Crippen molar-refractivity contribution < 1.29 is 4.79 Å². The predicted molar refractivity (Wildman–Crippen MR) is 142 cm³/mol. The third-order valence-electron chi connectivity index (χ3n) is 6.91. The Morgan fingerprint density at radius 2 is 1.62 bits per heavy atom. The van der Waals surface area contributed by atoms with E-state index in [1.54, 1.807) is 0 Å². The van der Waals surface area contributed by atoms with Crippen molar-refractivity contribution in [3.8, 4) is 0 Å². The van der Waals surface area contributed by atoms with Crippen LogP contribution in [0.1, 0.15) is 55.3 Å². The molecule has 1 heterocycles. The van der Waals surface area contributed by atoms with E-state index >= 15 is 0 Å². The molecule has 0 atom stereocenters. The van der Waals surface area contributed by atoms with E-state index in [-0.39, 0.29) is 5.78 Å². The molecule has 1 fully saturated rings. The van der Waals surface area contributed by atoms with Crippen LogP contribution < -0.4 is 15.1 Å². The van der Waals surface area contributed by atoms with E-state index in [0.29, 0.717) is 18.4 Å². The number of benzene rings is 2. The maximum absolute atomic E-state index is 12.6. The van der Waals surface area contributed by atoms with E-state index in [1.165, 1.54) is 12.8 Å². The molecule has 1 N–H and O–H groups in total. The van der Waals surface area contributed by atoms with Crippen molar-refractivity contribution >= 4 is 34.1 Å². The van der Waals surface area contributed by atoms with Crippen LogP contribution in [0.4, 0.5) is 17.5 Å². The van der Waals surface area contributed by atoms with Crippen LogP contribution in [0.25, 0.3) is 10.9 Å². The van der Waals surface area contributed by atoms with Gasteiger partial charge in [-0.15, -0.1) is 0 Å². The quantitative estimate of drug-likeness (QED) is 0.409. The first kappa shape index (κ1) is 24.0. The lowest BCUT2D eigenvalue weighted by Gasteiger charge is -2.29. The third-order valence-corrected chi connectivity index (χ3v) is 6.91. The highest BCUT2D eigenvalue weighted by molar-refractivity contribution is 5.96. The van der Waals surface area contributed by atoms with Gasteiger partial charge in [0.1, 0.15) is 5.82 Å². The first-order chi connectivity index (χ1) is 16.4. The summed E-state index contributed by atoms with van der Waals surface area (Å²) in [6, 6.07) is 16.5. The van der Waals surface area contributed by atoms with Gasteiger partial charge in [-0.3, -0.25) is 4.79 Å². The molecule has 0 unspecified atom stereocenters. The van der Waals surface area contributed by atoms with Crippen LogP contribution >= 0.6 is 0 Å². The van der Waals surface area contributed by atoms with Gasteiger partial charge >= 0.3 is 0 Å². The van der Waals surface area contributed by atoms with Gasteiger partial charge < -0.3 is 15.1 Å². The number of carbonyl (C=O) groups excluding carboxylic acids is 1. The number of fused-ring (bicyclic) bond motifs is 1. The van der Waals surface area contributed by atoms with Crippen LogP contribution in [0.3, 0.4) is 0 Å². The summed E-state index contributed by atoms with van der Waals surface area (Å²) in [5.74, 6) is 2.63. The largest absolute Gasteiger partial charge is 0.378 e. The molecule has 180 valence electrons. The molecule has 2 aromatic carbocycles. The zero-order valence-corrected chi connectivity index (χ0v) is 20.9. The second-order valence-corrected chi connectivity index (χ2v) is 9.90. The molecule has 1 aromatic heterocycles. The minimum atomic E-state index is 0.255. The Morgan fingerprint density at radius 1 is 0.912 bits per heavy atom. The molecular formula is C28H37N5O. The van der Waals surface area contributed by atoms with E-state index in [0.717, 1.165) is 59.6 Å². The fraction of sp³-hybridized carbons (Fsp3) is 0.464. The maximum atomic E-state index is 12.6. The van der Waals surface area contributed by atoms with Crippen molar-refractivity contribution in [3.63, 3.8) is 0 Å². The Labute approximate surface area is 203 Å². The summed E-state index contributed by atoms with van der Waals surface area (Å²) in [6.07, 6.45) is 7.37. The van der Waals surface area contributed by atoms with Gasteiger partial charge in [0.15, 0.2) is 5.78 Å². The lowest BCUT2D eigenvalue weighted by Crippen LogP contribution is -2.27. The van der Waals surface area contributed by atoms with Crippen molar-refractivity contribution in [1.29, 1.82) is 0 Å². The second-order valence-electron chi connectivity index (χ2n) is 9.90. The highest BCUT2D eigenvalue weighted by atomic mass is 16.1. The Morgan fingerprint density at radius 3 is 2.29 bits per heavy atom. The summed E-state index contributed by atoms with van der Waals surface area (Å²) in [7, 11) is 8.06. The highest BCUT2D eigenvalue weighted by Gasteiger charge is 2.22. The van der Waals surface area contributed by atoms with Gasteiger partial charge in [-0.2, -0.15) is 4.98 Å². The van der Waals surface area contributed by atoms with Crippen LogP contribution in [0.2, 0.25) is 0 Å². The zero-order chi connectivity index (χ0) is 24.1. The number of para-hydroxylation sites is 1. The molecule has 0 bridgehead atoms. The minimum Gasteiger partial charge on any atom is -0.378 e. The van der Waals surface area contributed by atoms with Crippen LogP contribution in [0.5, 0.6) is 0 Å². The van der Waals surface area contributed by atoms with E-state index in [1.807, 2.05) is 80.5 Å². The van der Waals surface area contributed by atoms with Gasteiger partial charge in [0.25, 0.3) is 0 Å². The summed E-state index contributed by atoms with van der Waals surface area (Å²) < 4.78 is 0. The Balaban J connectivity index is 1.24. The SMILES string of the molecule is CN(C)c1ccc(C(=O)CCCC2CCC(Nc3nc(N(C)C)c4ccccc4n3)CC2)cc1. The van der Waals surface area contributed by atoms with Crippen molar-refractivity contribution in [3.05, 3.63) is 54.1 Å². The van der Waals surface area contributed by atoms with E-state index in [4.69, 9.17) is 9.97 Å². The van der Waals surface area contributed by atoms with Crippen LogP contribution in [-0.4, -0.2) is 50.0 Å². The van der Waals surface area contributed by atoms with Crippen LogP contribution in [0, 0.1) is 5.92 Å². The molecule has 6 heteroatoms. The zero-order valence-electron chi connectivity index (χ0n) is 20.9. The van der Waals surface area contributed by atoms with E-state index < -0.39 is 0 Å². The van der Waals surface area contributed by atoms with Gasteiger partial charge in [-0.25, -0.2) is 4.98 Å². The van der Waals surface area contributed by atoms with Gasteiger partial charge in [-0.1, -0.05) is 18.6 Å². The molecule has 0 aliphatic heterocycles. The summed E-state index contributed by atoms with van der Waals surface area (Å²) >= 11 is 0. The molecule has 0 radical (unpaired) electrons. The lowest BCUT2D eigenvalue weighted by atomic mass is 9.83. The number of hydrogen-bond acceptors (Lipinski definition) is 6. The molecule has 1 saturated carbocycles. The van der Waals surface area contributed by atoms with Gasteiger partial charge in [0.2, 0.25) is 5.95 Å².